The van der Waals surface area contributed by atoms with Gasteiger partial charge in [-0.05, 0) is 30.8 Å². The summed E-state index contributed by atoms with van der Waals surface area (Å²) >= 11 is 0. The Morgan fingerprint density at radius 3 is 2.38 bits per heavy atom. The van der Waals surface area contributed by atoms with Crippen LogP contribution in [0.2, 0.25) is 0 Å². The maximum atomic E-state index is 11.5. The van der Waals surface area contributed by atoms with Crippen molar-refractivity contribution in [3.63, 3.8) is 0 Å². The summed E-state index contributed by atoms with van der Waals surface area (Å²) in [6.45, 7) is 8.64. The molecule has 1 heterocycles. The zero-order valence-corrected chi connectivity index (χ0v) is 9.02. The van der Waals surface area contributed by atoms with Crippen molar-refractivity contribution >= 4 is 5.78 Å². The third-order valence-electron chi connectivity index (χ3n) is 2.54. The molecule has 0 amide bonds. The molecular weight excluding hydrogens is 162 g/mol. The molecule has 1 saturated heterocycles. The van der Waals surface area contributed by atoms with E-state index < -0.39 is 0 Å². The van der Waals surface area contributed by atoms with Gasteiger partial charge in [-0.3, -0.25) is 4.79 Å². The largest absolute Gasteiger partial charge is 0.316 e. The fourth-order valence-corrected chi connectivity index (χ4v) is 1.43. The number of hydrogen-bond acceptors (Lipinski definition) is 2. The average molecular weight is 183 g/mol. The number of Topliss-reactive ketones (excluding diaryl/α,β-unsaturated/α-hetero) is 1. The summed E-state index contributed by atoms with van der Waals surface area (Å²) in [5.41, 5.74) is 0.299. The van der Waals surface area contributed by atoms with Gasteiger partial charge in [0.2, 0.25) is 0 Å². The van der Waals surface area contributed by atoms with Crippen molar-refractivity contribution < 1.29 is 4.79 Å². The first-order valence-corrected chi connectivity index (χ1v) is 5.20. The van der Waals surface area contributed by atoms with Crippen molar-refractivity contribution in [1.29, 1.82) is 0 Å². The smallest absolute Gasteiger partial charge is 0.133 e. The van der Waals surface area contributed by atoms with Crippen LogP contribution in [0.1, 0.15) is 40.0 Å². The van der Waals surface area contributed by atoms with Gasteiger partial charge in [0, 0.05) is 12.8 Å². The number of hydrogen-bond donors (Lipinski definition) is 1. The zero-order valence-electron chi connectivity index (χ0n) is 9.02. The van der Waals surface area contributed by atoms with E-state index in [1.54, 1.807) is 0 Å². The Labute approximate surface area is 81.1 Å². The lowest BCUT2D eigenvalue weighted by Crippen LogP contribution is -2.42. The number of carbonyl (C=O) groups is 1. The molecule has 76 valence electrons. The van der Waals surface area contributed by atoms with E-state index in [1.165, 1.54) is 0 Å². The first kappa shape index (κ1) is 10.7. The highest BCUT2D eigenvalue weighted by Gasteiger charge is 2.21. The van der Waals surface area contributed by atoms with Crippen LogP contribution in [0.15, 0.2) is 0 Å². The molecule has 2 nitrogen and oxygen atoms in total. The third-order valence-corrected chi connectivity index (χ3v) is 2.54. The molecule has 0 aromatic heterocycles. The summed E-state index contributed by atoms with van der Waals surface area (Å²) in [7, 11) is 0. The Morgan fingerprint density at radius 1 is 1.38 bits per heavy atom. The van der Waals surface area contributed by atoms with E-state index in [1.807, 2.05) is 0 Å². The molecule has 0 saturated carbocycles. The number of carbonyl (C=O) groups excluding carboxylic acids is 1. The van der Waals surface area contributed by atoms with E-state index in [-0.39, 0.29) is 0 Å². The van der Waals surface area contributed by atoms with Gasteiger partial charge in [0.05, 0.1) is 0 Å². The Balaban J connectivity index is 2.10. The summed E-state index contributed by atoms with van der Waals surface area (Å²) in [6.07, 6.45) is 2.58. The van der Waals surface area contributed by atoms with E-state index in [0.717, 1.165) is 32.4 Å². The van der Waals surface area contributed by atoms with Gasteiger partial charge in [0.15, 0.2) is 0 Å². The molecule has 0 atom stereocenters. The molecule has 1 aliphatic rings. The van der Waals surface area contributed by atoms with Crippen LogP contribution in [-0.2, 0) is 4.79 Å². The van der Waals surface area contributed by atoms with Crippen LogP contribution in [0.5, 0.6) is 0 Å². The predicted octanol–water partition coefficient (Wildman–Crippen LogP) is 1.99. The summed E-state index contributed by atoms with van der Waals surface area (Å²) < 4.78 is 0. The van der Waals surface area contributed by atoms with Gasteiger partial charge in [-0.1, -0.05) is 20.8 Å². The summed E-state index contributed by atoms with van der Waals surface area (Å²) in [4.78, 5) is 11.5. The van der Waals surface area contributed by atoms with Gasteiger partial charge < -0.3 is 5.32 Å². The van der Waals surface area contributed by atoms with Crippen molar-refractivity contribution in [1.82, 2.24) is 5.32 Å². The lowest BCUT2D eigenvalue weighted by molar-refractivity contribution is -0.120. The van der Waals surface area contributed by atoms with E-state index in [4.69, 9.17) is 0 Å². The van der Waals surface area contributed by atoms with E-state index in [2.05, 4.69) is 26.1 Å². The van der Waals surface area contributed by atoms with E-state index in [9.17, 15) is 4.79 Å². The number of nitrogens with one attached hydrogen (secondary N) is 1. The normalized spacial score (nSPS) is 18.4. The monoisotopic (exact) mass is 183 g/mol. The lowest BCUT2D eigenvalue weighted by atomic mass is 9.87. The maximum absolute atomic E-state index is 11.5. The maximum Gasteiger partial charge on any atom is 0.133 e. The predicted molar refractivity (Wildman–Crippen MR) is 54.7 cm³/mol. The molecule has 2 heteroatoms. The van der Waals surface area contributed by atoms with Gasteiger partial charge in [-0.15, -0.1) is 0 Å². The Kier molecular flexibility index (Phi) is 3.48. The molecule has 0 aliphatic carbocycles. The summed E-state index contributed by atoms with van der Waals surface area (Å²) in [5.74, 6) is 1.08. The van der Waals surface area contributed by atoms with Crippen molar-refractivity contribution in [3.8, 4) is 0 Å². The number of rotatable bonds is 4. The Morgan fingerprint density at radius 2 is 2.00 bits per heavy atom. The Bertz CT molecular complexity index is 177. The van der Waals surface area contributed by atoms with Crippen molar-refractivity contribution in [2.45, 2.75) is 40.0 Å². The topological polar surface area (TPSA) is 29.1 Å². The molecule has 0 radical (unpaired) electrons. The van der Waals surface area contributed by atoms with Crippen LogP contribution in [0, 0.1) is 11.3 Å². The van der Waals surface area contributed by atoms with E-state index >= 15 is 0 Å². The second-order valence-corrected chi connectivity index (χ2v) is 5.33. The molecule has 0 aromatic rings. The van der Waals surface area contributed by atoms with Gasteiger partial charge >= 0.3 is 0 Å². The SMILES string of the molecule is CC(C)(C)CCC(=O)CC1CNC1. The van der Waals surface area contributed by atoms with Gasteiger partial charge in [-0.2, -0.15) is 0 Å². The van der Waals surface area contributed by atoms with Crippen LogP contribution < -0.4 is 5.32 Å². The zero-order chi connectivity index (χ0) is 9.90. The molecule has 0 unspecified atom stereocenters. The molecule has 1 aliphatic heterocycles. The fourth-order valence-electron chi connectivity index (χ4n) is 1.43. The molecule has 13 heavy (non-hydrogen) atoms. The first-order chi connectivity index (χ1) is 5.97. The lowest BCUT2D eigenvalue weighted by Gasteiger charge is -2.26. The molecule has 0 aromatic carbocycles. The van der Waals surface area contributed by atoms with Crippen molar-refractivity contribution in [2.75, 3.05) is 13.1 Å². The quantitative estimate of drug-likeness (QED) is 0.722. The molecule has 1 N–H and O–H groups in total. The van der Waals surface area contributed by atoms with Crippen LogP contribution >= 0.6 is 0 Å². The summed E-state index contributed by atoms with van der Waals surface area (Å²) in [6, 6.07) is 0. The second-order valence-electron chi connectivity index (χ2n) is 5.33. The second kappa shape index (κ2) is 4.23. The highest BCUT2D eigenvalue weighted by atomic mass is 16.1. The first-order valence-electron chi connectivity index (χ1n) is 5.20. The van der Waals surface area contributed by atoms with Crippen LogP contribution in [0.25, 0.3) is 0 Å². The van der Waals surface area contributed by atoms with Gasteiger partial charge in [0.25, 0.3) is 0 Å². The minimum Gasteiger partial charge on any atom is -0.316 e. The third kappa shape index (κ3) is 4.41. The number of ketones is 1. The molecule has 1 rings (SSSR count). The van der Waals surface area contributed by atoms with Gasteiger partial charge in [0.1, 0.15) is 5.78 Å². The highest BCUT2D eigenvalue weighted by Crippen LogP contribution is 2.22. The van der Waals surface area contributed by atoms with Gasteiger partial charge in [-0.25, -0.2) is 0 Å². The molecule has 0 bridgehead atoms. The highest BCUT2D eigenvalue weighted by molar-refractivity contribution is 5.78. The minimum atomic E-state index is 0.299. The Hall–Kier alpha value is -0.370. The van der Waals surface area contributed by atoms with Crippen molar-refractivity contribution in [3.05, 3.63) is 0 Å². The van der Waals surface area contributed by atoms with E-state index in [0.29, 0.717) is 17.1 Å². The molecular formula is C11H21NO. The fraction of sp³-hybridized carbons (Fsp3) is 0.909. The standard InChI is InChI=1S/C11H21NO/c1-11(2,3)5-4-10(13)6-9-7-12-8-9/h9,12H,4-8H2,1-3H3. The molecule has 0 spiro atoms. The molecule has 1 fully saturated rings. The minimum absolute atomic E-state index is 0.299. The average Bonchev–Trinajstić information content (AvgIpc) is 1.91. The summed E-state index contributed by atoms with van der Waals surface area (Å²) in [5, 5.41) is 3.19. The van der Waals surface area contributed by atoms with Crippen LogP contribution in [-0.4, -0.2) is 18.9 Å². The van der Waals surface area contributed by atoms with Crippen molar-refractivity contribution in [2.24, 2.45) is 11.3 Å². The van der Waals surface area contributed by atoms with Crippen LogP contribution in [0.4, 0.5) is 0 Å². The van der Waals surface area contributed by atoms with Crippen LogP contribution in [0.3, 0.4) is 0 Å².